The molecular formula is C8H16N2O3. The first-order valence-corrected chi connectivity index (χ1v) is 4.15. The standard InChI is InChI=1S/C8H16N2O3/c1-5(2)3-4-13-6(7(9)11)8(10)12/h5-6H,3-4H2,1-2H3,(H2,9,11)(H2,10,12). The smallest absolute Gasteiger partial charge is 0.256 e. The quantitative estimate of drug-likeness (QED) is 0.544. The van der Waals surface area contributed by atoms with Crippen LogP contribution in [0.15, 0.2) is 0 Å². The average molecular weight is 188 g/mol. The van der Waals surface area contributed by atoms with E-state index >= 15 is 0 Å². The molecular weight excluding hydrogens is 172 g/mol. The number of nitrogens with two attached hydrogens (primary N) is 2. The number of primary amides is 2. The fourth-order valence-electron chi connectivity index (χ4n) is 0.726. The number of ether oxygens (including phenoxy) is 1. The van der Waals surface area contributed by atoms with E-state index in [2.05, 4.69) is 0 Å². The minimum Gasteiger partial charge on any atom is -0.367 e. The van der Waals surface area contributed by atoms with Crippen molar-refractivity contribution in [2.75, 3.05) is 6.61 Å². The molecule has 76 valence electrons. The maximum atomic E-state index is 10.6. The predicted octanol–water partition coefficient (Wildman–Crippen LogP) is -0.612. The van der Waals surface area contributed by atoms with Crippen LogP contribution in [0.4, 0.5) is 0 Å². The highest BCUT2D eigenvalue weighted by Gasteiger charge is 2.21. The topological polar surface area (TPSA) is 95.4 Å². The number of carbonyl (C=O) groups is 2. The molecule has 5 nitrogen and oxygen atoms in total. The van der Waals surface area contributed by atoms with Crippen molar-refractivity contribution >= 4 is 11.8 Å². The van der Waals surface area contributed by atoms with E-state index in [1.165, 1.54) is 0 Å². The van der Waals surface area contributed by atoms with Crippen LogP contribution in [0.1, 0.15) is 20.3 Å². The molecule has 0 aromatic rings. The minimum atomic E-state index is -1.29. The molecule has 0 aliphatic carbocycles. The average Bonchev–Trinajstić information content (AvgIpc) is 1.95. The van der Waals surface area contributed by atoms with Gasteiger partial charge in [-0.2, -0.15) is 0 Å². The highest BCUT2D eigenvalue weighted by molar-refractivity contribution is 6.01. The van der Waals surface area contributed by atoms with Gasteiger partial charge in [-0.3, -0.25) is 9.59 Å². The summed E-state index contributed by atoms with van der Waals surface area (Å²) in [5, 5.41) is 0. The van der Waals surface area contributed by atoms with Crippen molar-refractivity contribution in [3.05, 3.63) is 0 Å². The zero-order valence-electron chi connectivity index (χ0n) is 7.95. The molecule has 0 aromatic carbocycles. The SMILES string of the molecule is CC(C)CCOC(C(N)=O)C(N)=O. The molecule has 0 bridgehead atoms. The molecule has 0 rings (SSSR count). The molecule has 0 aliphatic heterocycles. The lowest BCUT2D eigenvalue weighted by Crippen LogP contribution is -2.42. The summed E-state index contributed by atoms with van der Waals surface area (Å²) >= 11 is 0. The van der Waals surface area contributed by atoms with Gasteiger partial charge in [-0.1, -0.05) is 13.8 Å². The normalized spacial score (nSPS) is 10.8. The van der Waals surface area contributed by atoms with Gasteiger partial charge in [0.05, 0.1) is 0 Å². The molecule has 13 heavy (non-hydrogen) atoms. The molecule has 4 N–H and O–H groups in total. The second-order valence-corrected chi connectivity index (χ2v) is 3.24. The van der Waals surface area contributed by atoms with E-state index in [4.69, 9.17) is 16.2 Å². The lowest BCUT2D eigenvalue weighted by Gasteiger charge is -2.11. The molecule has 0 saturated heterocycles. The first-order valence-electron chi connectivity index (χ1n) is 4.15. The van der Waals surface area contributed by atoms with E-state index in [0.29, 0.717) is 12.5 Å². The summed E-state index contributed by atoms with van der Waals surface area (Å²) in [7, 11) is 0. The highest BCUT2D eigenvalue weighted by atomic mass is 16.5. The zero-order valence-corrected chi connectivity index (χ0v) is 7.95. The van der Waals surface area contributed by atoms with Gasteiger partial charge < -0.3 is 16.2 Å². The van der Waals surface area contributed by atoms with Crippen LogP contribution < -0.4 is 11.5 Å². The molecule has 0 spiro atoms. The van der Waals surface area contributed by atoms with Crippen LogP contribution in [0.2, 0.25) is 0 Å². The van der Waals surface area contributed by atoms with Crippen molar-refractivity contribution < 1.29 is 14.3 Å². The lowest BCUT2D eigenvalue weighted by molar-refractivity contribution is -0.141. The van der Waals surface area contributed by atoms with Gasteiger partial charge in [0.2, 0.25) is 6.10 Å². The molecule has 0 heterocycles. The van der Waals surface area contributed by atoms with Crippen LogP contribution in [0.3, 0.4) is 0 Å². The Bertz CT molecular complexity index is 178. The van der Waals surface area contributed by atoms with Gasteiger partial charge in [0.15, 0.2) is 0 Å². The number of hydrogen-bond donors (Lipinski definition) is 2. The van der Waals surface area contributed by atoms with Gasteiger partial charge in [-0.05, 0) is 12.3 Å². The maximum Gasteiger partial charge on any atom is 0.256 e. The summed E-state index contributed by atoms with van der Waals surface area (Å²) < 4.78 is 4.93. The Morgan fingerprint density at radius 1 is 1.23 bits per heavy atom. The largest absolute Gasteiger partial charge is 0.367 e. The fourth-order valence-corrected chi connectivity index (χ4v) is 0.726. The van der Waals surface area contributed by atoms with Crippen molar-refractivity contribution in [1.29, 1.82) is 0 Å². The van der Waals surface area contributed by atoms with Crippen molar-refractivity contribution in [2.45, 2.75) is 26.4 Å². The number of hydrogen-bond acceptors (Lipinski definition) is 3. The molecule has 0 radical (unpaired) electrons. The number of rotatable bonds is 6. The monoisotopic (exact) mass is 188 g/mol. The second kappa shape index (κ2) is 5.53. The van der Waals surface area contributed by atoms with Gasteiger partial charge in [0, 0.05) is 6.61 Å². The lowest BCUT2D eigenvalue weighted by atomic mass is 10.1. The Balaban J connectivity index is 3.84. The van der Waals surface area contributed by atoms with Crippen LogP contribution in [0.25, 0.3) is 0 Å². The van der Waals surface area contributed by atoms with Gasteiger partial charge in [-0.25, -0.2) is 0 Å². The molecule has 2 amide bonds. The maximum absolute atomic E-state index is 10.6. The van der Waals surface area contributed by atoms with Crippen LogP contribution >= 0.6 is 0 Å². The summed E-state index contributed by atoms with van der Waals surface area (Å²) in [6.07, 6.45) is -0.532. The Kier molecular flexibility index (Phi) is 5.06. The molecule has 0 aromatic heterocycles. The van der Waals surface area contributed by atoms with Gasteiger partial charge in [0.1, 0.15) is 0 Å². The summed E-state index contributed by atoms with van der Waals surface area (Å²) in [5.41, 5.74) is 9.78. The van der Waals surface area contributed by atoms with E-state index < -0.39 is 17.9 Å². The number of carbonyl (C=O) groups excluding carboxylic acids is 2. The third kappa shape index (κ3) is 5.19. The first kappa shape index (κ1) is 11.9. The van der Waals surface area contributed by atoms with E-state index in [9.17, 15) is 9.59 Å². The Hall–Kier alpha value is -1.10. The van der Waals surface area contributed by atoms with E-state index in [1.54, 1.807) is 0 Å². The van der Waals surface area contributed by atoms with E-state index in [-0.39, 0.29) is 0 Å². The van der Waals surface area contributed by atoms with Gasteiger partial charge in [-0.15, -0.1) is 0 Å². The molecule has 0 saturated carbocycles. The highest BCUT2D eigenvalue weighted by Crippen LogP contribution is 2.01. The molecule has 0 fully saturated rings. The van der Waals surface area contributed by atoms with Crippen LogP contribution in [-0.2, 0) is 14.3 Å². The Morgan fingerprint density at radius 3 is 2.00 bits per heavy atom. The summed E-state index contributed by atoms with van der Waals surface area (Å²) in [6, 6.07) is 0. The summed E-state index contributed by atoms with van der Waals surface area (Å²) in [5.74, 6) is -1.23. The first-order chi connectivity index (χ1) is 5.95. The third-order valence-electron chi connectivity index (χ3n) is 1.50. The van der Waals surface area contributed by atoms with Gasteiger partial charge >= 0.3 is 0 Å². The van der Waals surface area contributed by atoms with E-state index in [0.717, 1.165) is 6.42 Å². The van der Waals surface area contributed by atoms with Crippen molar-refractivity contribution in [3.63, 3.8) is 0 Å². The van der Waals surface area contributed by atoms with Crippen molar-refractivity contribution in [3.8, 4) is 0 Å². The third-order valence-corrected chi connectivity index (χ3v) is 1.50. The predicted molar refractivity (Wildman–Crippen MR) is 47.6 cm³/mol. The molecule has 0 atom stereocenters. The Morgan fingerprint density at radius 2 is 1.69 bits per heavy atom. The van der Waals surface area contributed by atoms with Crippen LogP contribution in [0, 0.1) is 5.92 Å². The fraction of sp³-hybridized carbons (Fsp3) is 0.750. The van der Waals surface area contributed by atoms with Crippen molar-refractivity contribution in [1.82, 2.24) is 0 Å². The Labute approximate surface area is 77.4 Å². The van der Waals surface area contributed by atoms with Crippen LogP contribution in [0.5, 0.6) is 0 Å². The molecule has 0 unspecified atom stereocenters. The number of amides is 2. The van der Waals surface area contributed by atoms with E-state index in [1.807, 2.05) is 13.8 Å². The zero-order chi connectivity index (χ0) is 10.4. The van der Waals surface area contributed by atoms with Crippen LogP contribution in [-0.4, -0.2) is 24.5 Å². The van der Waals surface area contributed by atoms with Gasteiger partial charge in [0.25, 0.3) is 11.8 Å². The molecule has 5 heteroatoms. The van der Waals surface area contributed by atoms with Crippen molar-refractivity contribution in [2.24, 2.45) is 17.4 Å². The summed E-state index contributed by atoms with van der Waals surface area (Å²) in [4.78, 5) is 21.2. The summed E-state index contributed by atoms with van der Waals surface area (Å²) in [6.45, 7) is 4.33. The minimum absolute atomic E-state index is 0.314. The molecule has 0 aliphatic rings. The second-order valence-electron chi connectivity index (χ2n) is 3.24.